The van der Waals surface area contributed by atoms with Crippen molar-refractivity contribution >= 4 is 11.6 Å². The molecule has 0 bridgehead atoms. The van der Waals surface area contributed by atoms with Gasteiger partial charge in [-0.25, -0.2) is 0 Å². The zero-order valence-electron chi connectivity index (χ0n) is 9.98. The van der Waals surface area contributed by atoms with Gasteiger partial charge in [0.15, 0.2) is 0 Å². The number of amides is 1. The summed E-state index contributed by atoms with van der Waals surface area (Å²) >= 11 is 0. The number of benzene rings is 1. The monoisotopic (exact) mass is 233 g/mol. The molecule has 0 aliphatic carbocycles. The lowest BCUT2D eigenvalue weighted by Gasteiger charge is -2.18. The van der Waals surface area contributed by atoms with Crippen molar-refractivity contribution in [1.29, 1.82) is 0 Å². The average molecular weight is 233 g/mol. The van der Waals surface area contributed by atoms with Gasteiger partial charge in [-0.15, -0.1) is 0 Å². The highest BCUT2D eigenvalue weighted by atomic mass is 16.2. The first-order chi connectivity index (χ1) is 8.34. The molecule has 1 heterocycles. The summed E-state index contributed by atoms with van der Waals surface area (Å²) in [5.74, 6) is 0.0677. The normalized spacial score (nSPS) is 17.4. The van der Waals surface area contributed by atoms with Crippen LogP contribution in [-0.2, 0) is 4.79 Å². The molecular formula is C13H19N3O. The van der Waals surface area contributed by atoms with E-state index in [4.69, 9.17) is 0 Å². The second-order valence-electron chi connectivity index (χ2n) is 4.29. The third kappa shape index (κ3) is 4.17. The molecule has 1 aliphatic rings. The first kappa shape index (κ1) is 12.1. The minimum absolute atomic E-state index is 0.0677. The second-order valence-corrected chi connectivity index (χ2v) is 4.29. The summed E-state index contributed by atoms with van der Waals surface area (Å²) in [5.41, 5.74) is 0.866. The van der Waals surface area contributed by atoms with Gasteiger partial charge in [0.25, 0.3) is 0 Å². The topological polar surface area (TPSA) is 44.4 Å². The van der Waals surface area contributed by atoms with Crippen molar-refractivity contribution in [1.82, 2.24) is 10.2 Å². The van der Waals surface area contributed by atoms with Gasteiger partial charge in [0.1, 0.15) is 0 Å². The van der Waals surface area contributed by atoms with Crippen LogP contribution in [0.4, 0.5) is 5.69 Å². The Morgan fingerprint density at radius 2 is 2.06 bits per heavy atom. The third-order valence-corrected chi connectivity index (χ3v) is 2.86. The minimum Gasteiger partial charge on any atom is -0.325 e. The molecule has 17 heavy (non-hydrogen) atoms. The van der Waals surface area contributed by atoms with Crippen LogP contribution in [0.1, 0.15) is 6.42 Å². The van der Waals surface area contributed by atoms with Crippen LogP contribution in [0, 0.1) is 0 Å². The summed E-state index contributed by atoms with van der Waals surface area (Å²) in [5, 5.41) is 6.24. The highest BCUT2D eigenvalue weighted by molar-refractivity contribution is 5.92. The third-order valence-electron chi connectivity index (χ3n) is 2.86. The van der Waals surface area contributed by atoms with E-state index in [-0.39, 0.29) is 5.91 Å². The molecule has 1 aliphatic heterocycles. The average Bonchev–Trinajstić information content (AvgIpc) is 2.59. The Kier molecular flexibility index (Phi) is 4.53. The molecule has 2 rings (SSSR count). The molecule has 0 atom stereocenters. The zero-order chi connectivity index (χ0) is 11.9. The summed E-state index contributed by atoms with van der Waals surface area (Å²) in [6, 6.07) is 9.59. The highest BCUT2D eigenvalue weighted by Crippen LogP contribution is 2.05. The molecule has 1 aromatic rings. The van der Waals surface area contributed by atoms with Crippen molar-refractivity contribution in [2.24, 2.45) is 0 Å². The maximum Gasteiger partial charge on any atom is 0.238 e. The summed E-state index contributed by atoms with van der Waals surface area (Å²) in [7, 11) is 0. The minimum atomic E-state index is 0.0677. The van der Waals surface area contributed by atoms with Crippen molar-refractivity contribution in [2.75, 3.05) is 38.0 Å². The molecule has 2 N–H and O–H groups in total. The quantitative estimate of drug-likeness (QED) is 0.816. The molecule has 4 nitrogen and oxygen atoms in total. The fourth-order valence-corrected chi connectivity index (χ4v) is 1.98. The van der Waals surface area contributed by atoms with Gasteiger partial charge < -0.3 is 10.6 Å². The second kappa shape index (κ2) is 6.37. The molecule has 1 saturated heterocycles. The van der Waals surface area contributed by atoms with E-state index in [1.54, 1.807) is 0 Å². The summed E-state index contributed by atoms with van der Waals surface area (Å²) < 4.78 is 0. The van der Waals surface area contributed by atoms with Crippen LogP contribution < -0.4 is 10.6 Å². The molecule has 0 radical (unpaired) electrons. The number of anilines is 1. The highest BCUT2D eigenvalue weighted by Gasteiger charge is 2.12. The van der Waals surface area contributed by atoms with Crippen molar-refractivity contribution in [3.05, 3.63) is 30.3 Å². The maximum atomic E-state index is 11.8. The lowest BCUT2D eigenvalue weighted by molar-refractivity contribution is -0.117. The fraction of sp³-hybridized carbons (Fsp3) is 0.462. The SMILES string of the molecule is O=C(CN1CCCNCC1)Nc1ccccc1. The van der Waals surface area contributed by atoms with Crippen LogP contribution in [0.3, 0.4) is 0 Å². The van der Waals surface area contributed by atoms with Gasteiger partial charge in [0.2, 0.25) is 5.91 Å². The summed E-state index contributed by atoms with van der Waals surface area (Å²) in [6.45, 7) is 4.45. The van der Waals surface area contributed by atoms with Gasteiger partial charge in [0.05, 0.1) is 6.54 Å². The molecule has 0 aromatic heterocycles. The first-order valence-electron chi connectivity index (χ1n) is 6.12. The van der Waals surface area contributed by atoms with Gasteiger partial charge in [-0.05, 0) is 31.6 Å². The molecular weight excluding hydrogens is 214 g/mol. The molecule has 0 saturated carbocycles. The van der Waals surface area contributed by atoms with Gasteiger partial charge in [0, 0.05) is 18.8 Å². The Morgan fingerprint density at radius 1 is 1.24 bits per heavy atom. The van der Waals surface area contributed by atoms with Crippen LogP contribution in [0.2, 0.25) is 0 Å². The number of nitrogens with one attached hydrogen (secondary N) is 2. The van der Waals surface area contributed by atoms with Gasteiger partial charge >= 0.3 is 0 Å². The lowest BCUT2D eigenvalue weighted by Crippen LogP contribution is -2.35. The van der Waals surface area contributed by atoms with E-state index < -0.39 is 0 Å². The smallest absolute Gasteiger partial charge is 0.238 e. The largest absolute Gasteiger partial charge is 0.325 e. The first-order valence-corrected chi connectivity index (χ1v) is 6.12. The molecule has 4 heteroatoms. The van der Waals surface area contributed by atoms with Crippen molar-refractivity contribution < 1.29 is 4.79 Å². The van der Waals surface area contributed by atoms with E-state index in [0.717, 1.165) is 38.3 Å². The Balaban J connectivity index is 1.80. The Bertz CT molecular complexity index is 345. The van der Waals surface area contributed by atoms with E-state index in [0.29, 0.717) is 6.54 Å². The van der Waals surface area contributed by atoms with Gasteiger partial charge in [-0.1, -0.05) is 18.2 Å². The van der Waals surface area contributed by atoms with Crippen molar-refractivity contribution in [3.63, 3.8) is 0 Å². The predicted octanol–water partition coefficient (Wildman–Crippen LogP) is 0.920. The van der Waals surface area contributed by atoms with Gasteiger partial charge in [-0.3, -0.25) is 9.69 Å². The molecule has 0 spiro atoms. The lowest BCUT2D eigenvalue weighted by atomic mass is 10.3. The number of hydrogen-bond donors (Lipinski definition) is 2. The van der Waals surface area contributed by atoms with E-state index in [2.05, 4.69) is 15.5 Å². The predicted molar refractivity (Wildman–Crippen MR) is 69.0 cm³/mol. The van der Waals surface area contributed by atoms with E-state index >= 15 is 0 Å². The molecule has 1 aromatic carbocycles. The van der Waals surface area contributed by atoms with Crippen LogP contribution in [0.5, 0.6) is 0 Å². The van der Waals surface area contributed by atoms with Crippen molar-refractivity contribution in [2.45, 2.75) is 6.42 Å². The van der Waals surface area contributed by atoms with Crippen molar-refractivity contribution in [3.8, 4) is 0 Å². The molecule has 0 unspecified atom stereocenters. The number of carbonyl (C=O) groups is 1. The summed E-state index contributed by atoms with van der Waals surface area (Å²) in [6.07, 6.45) is 1.11. The number of nitrogens with zero attached hydrogens (tertiary/aromatic N) is 1. The number of para-hydroxylation sites is 1. The Morgan fingerprint density at radius 3 is 2.88 bits per heavy atom. The maximum absolute atomic E-state index is 11.8. The number of carbonyl (C=O) groups excluding carboxylic acids is 1. The van der Waals surface area contributed by atoms with E-state index in [9.17, 15) is 4.79 Å². The number of hydrogen-bond acceptors (Lipinski definition) is 3. The standard InChI is InChI=1S/C13H19N3O/c17-13(15-12-5-2-1-3-6-12)11-16-9-4-7-14-8-10-16/h1-3,5-6,14H,4,7-11H2,(H,15,17). The van der Waals surface area contributed by atoms with Gasteiger partial charge in [-0.2, -0.15) is 0 Å². The van der Waals surface area contributed by atoms with Crippen LogP contribution in [0.15, 0.2) is 30.3 Å². The van der Waals surface area contributed by atoms with Crippen LogP contribution in [-0.4, -0.2) is 43.5 Å². The Hall–Kier alpha value is -1.39. The number of rotatable bonds is 3. The summed E-state index contributed by atoms with van der Waals surface area (Å²) in [4.78, 5) is 14.0. The van der Waals surface area contributed by atoms with E-state index in [1.165, 1.54) is 0 Å². The zero-order valence-corrected chi connectivity index (χ0v) is 9.98. The Labute approximate surface area is 102 Å². The fourth-order valence-electron chi connectivity index (χ4n) is 1.98. The molecule has 1 fully saturated rings. The molecule has 92 valence electrons. The van der Waals surface area contributed by atoms with E-state index in [1.807, 2.05) is 30.3 Å². The molecule has 1 amide bonds. The van der Waals surface area contributed by atoms with Crippen LogP contribution in [0.25, 0.3) is 0 Å². The van der Waals surface area contributed by atoms with Crippen LogP contribution >= 0.6 is 0 Å².